The van der Waals surface area contributed by atoms with Crippen LogP contribution < -0.4 is 0 Å². The molecule has 0 fully saturated rings. The number of rotatable bonds is 1. The molecule has 4 heteroatoms. The summed E-state index contributed by atoms with van der Waals surface area (Å²) in [5.74, 6) is 0. The third-order valence-corrected chi connectivity index (χ3v) is 2.08. The molecule has 0 aliphatic heterocycles. The van der Waals surface area contributed by atoms with Gasteiger partial charge in [0.25, 0.3) is 0 Å². The third kappa shape index (κ3) is 2.87. The van der Waals surface area contributed by atoms with Crippen LogP contribution in [0.2, 0.25) is 0 Å². The van der Waals surface area contributed by atoms with E-state index >= 15 is 0 Å². The van der Waals surface area contributed by atoms with Crippen molar-refractivity contribution < 1.29 is 9.11 Å². The Hall–Kier alpha value is 0.230. The molecule has 0 atom stereocenters. The fourth-order valence-corrected chi connectivity index (χ4v) is 0. The highest BCUT2D eigenvalue weighted by atomic mass is 32.3. The summed E-state index contributed by atoms with van der Waals surface area (Å²) in [7, 11) is 0.833. The van der Waals surface area contributed by atoms with E-state index in [1.54, 1.807) is 14.1 Å². The smallest absolute Gasteiger partial charge is 0.0418 e. The summed E-state index contributed by atoms with van der Waals surface area (Å²) in [5.41, 5.74) is 0. The Bertz CT molecular complexity index is 58.4. The third-order valence-electron chi connectivity index (χ3n) is 0.692. The van der Waals surface area contributed by atoms with Gasteiger partial charge in [0.15, 0.2) is 0 Å². The molecule has 0 aliphatic rings. The van der Waals surface area contributed by atoms with E-state index in [1.807, 2.05) is 0 Å². The Labute approximate surface area is 45.4 Å². The van der Waals surface area contributed by atoms with E-state index in [1.165, 1.54) is 10.6 Å². The molecule has 0 aliphatic carbocycles. The van der Waals surface area contributed by atoms with Gasteiger partial charge in [0.1, 0.15) is 0 Å². The lowest BCUT2D eigenvalue weighted by atomic mass is 11.3. The molecule has 2 N–H and O–H groups in total. The van der Waals surface area contributed by atoms with Gasteiger partial charge in [-0.25, -0.2) is 4.31 Å². The van der Waals surface area contributed by atoms with Crippen molar-refractivity contribution in [3.05, 3.63) is 0 Å². The van der Waals surface area contributed by atoms with E-state index in [-0.39, 0.29) is 0 Å². The zero-order valence-electron chi connectivity index (χ0n) is 4.75. The summed E-state index contributed by atoms with van der Waals surface area (Å²) < 4.78 is 18.7. The van der Waals surface area contributed by atoms with Crippen molar-refractivity contribution in [3.63, 3.8) is 0 Å². The van der Waals surface area contributed by atoms with Crippen LogP contribution in [0.4, 0.5) is 0 Å². The van der Waals surface area contributed by atoms with Crippen LogP contribution >= 0.6 is 10.8 Å². The monoisotopic (exact) mass is 125 g/mol. The molecule has 0 saturated heterocycles. The Morgan fingerprint density at radius 2 is 1.43 bits per heavy atom. The van der Waals surface area contributed by atoms with Gasteiger partial charge in [0.05, 0.1) is 0 Å². The van der Waals surface area contributed by atoms with E-state index < -0.39 is 10.8 Å². The lowest BCUT2D eigenvalue weighted by Crippen LogP contribution is -2.16. The van der Waals surface area contributed by atoms with Crippen LogP contribution in [0.5, 0.6) is 0 Å². The van der Waals surface area contributed by atoms with E-state index in [4.69, 9.17) is 9.11 Å². The number of nitrogens with zero attached hydrogens (tertiary/aromatic N) is 1. The molecule has 7 heavy (non-hydrogen) atoms. The minimum Gasteiger partial charge on any atom is -0.286 e. The molecule has 0 radical (unpaired) electrons. The van der Waals surface area contributed by atoms with Crippen molar-refractivity contribution in [2.45, 2.75) is 0 Å². The maximum atomic E-state index is 8.66. The number of hydrogen-bond acceptors (Lipinski definition) is 3. The molecular weight excluding hydrogens is 114 g/mol. The van der Waals surface area contributed by atoms with E-state index in [2.05, 4.69) is 0 Å². The second kappa shape index (κ2) is 2.00. The van der Waals surface area contributed by atoms with Crippen LogP contribution in [-0.2, 0) is 0 Å². The topological polar surface area (TPSA) is 43.7 Å². The maximum absolute atomic E-state index is 8.66. The minimum atomic E-state index is -2.41. The van der Waals surface area contributed by atoms with Crippen molar-refractivity contribution in [2.75, 3.05) is 20.4 Å². The summed E-state index contributed by atoms with van der Waals surface area (Å²) in [5, 5.41) is 0. The first-order valence-electron chi connectivity index (χ1n) is 1.85. The van der Waals surface area contributed by atoms with E-state index in [9.17, 15) is 0 Å². The van der Waals surface area contributed by atoms with Crippen molar-refractivity contribution >= 4 is 10.8 Å². The van der Waals surface area contributed by atoms with Gasteiger partial charge in [-0.3, -0.25) is 9.11 Å². The van der Waals surface area contributed by atoms with Crippen molar-refractivity contribution in [2.24, 2.45) is 0 Å². The Balaban J connectivity index is 3.54. The molecule has 0 rings (SSSR count). The predicted molar refractivity (Wildman–Crippen MR) is 32.5 cm³/mol. The van der Waals surface area contributed by atoms with E-state index in [0.29, 0.717) is 0 Å². The van der Waals surface area contributed by atoms with Gasteiger partial charge in [0.2, 0.25) is 0 Å². The molecule has 0 heterocycles. The molecule has 0 aromatic rings. The number of hydrogen-bond donors (Lipinski definition) is 2. The first-order valence-corrected chi connectivity index (χ1v) is 3.76. The fraction of sp³-hybridized carbons (Fsp3) is 1.00. The predicted octanol–water partition coefficient (Wildman–Crippen LogP) is 0.843. The Morgan fingerprint density at radius 1 is 1.29 bits per heavy atom. The second-order valence-corrected chi connectivity index (χ2v) is 3.92. The van der Waals surface area contributed by atoms with Gasteiger partial charge in [-0.1, -0.05) is 0 Å². The van der Waals surface area contributed by atoms with Gasteiger partial charge in [-0.2, -0.15) is 0 Å². The normalized spacial score (nSPS) is 15.1. The molecular formula is C3H11NO2S. The molecule has 0 bridgehead atoms. The van der Waals surface area contributed by atoms with Crippen LogP contribution in [0.25, 0.3) is 0 Å². The SMILES string of the molecule is CN(C)S(C)(O)O. The Morgan fingerprint density at radius 3 is 1.43 bits per heavy atom. The highest BCUT2D eigenvalue weighted by molar-refractivity contribution is 8.21. The van der Waals surface area contributed by atoms with Crippen molar-refractivity contribution in [3.8, 4) is 0 Å². The fourth-order valence-electron chi connectivity index (χ4n) is 0. The second-order valence-electron chi connectivity index (χ2n) is 1.61. The largest absolute Gasteiger partial charge is 0.286 e. The summed E-state index contributed by atoms with van der Waals surface area (Å²) in [6, 6.07) is 0. The first-order chi connectivity index (χ1) is 2.94. The molecule has 46 valence electrons. The lowest BCUT2D eigenvalue weighted by Gasteiger charge is -2.33. The maximum Gasteiger partial charge on any atom is 0.0418 e. The van der Waals surface area contributed by atoms with Crippen LogP contribution in [-0.4, -0.2) is 33.8 Å². The van der Waals surface area contributed by atoms with Crippen molar-refractivity contribution in [1.82, 2.24) is 4.31 Å². The first kappa shape index (κ1) is 7.23. The Kier molecular flexibility index (Phi) is 2.07. The lowest BCUT2D eigenvalue weighted by molar-refractivity contribution is 0.422. The van der Waals surface area contributed by atoms with E-state index in [0.717, 1.165) is 0 Å². The molecule has 0 aromatic carbocycles. The standard InChI is InChI=1S/C3H11NO2S/c1-4(2)7(3,5)6/h5-6H,1-3H3. The minimum absolute atomic E-state index is 1.38. The zero-order valence-corrected chi connectivity index (χ0v) is 5.57. The molecule has 0 unspecified atom stereocenters. The molecule has 0 spiro atoms. The van der Waals surface area contributed by atoms with Gasteiger partial charge in [-0.05, 0) is 0 Å². The van der Waals surface area contributed by atoms with Gasteiger partial charge in [-0.15, -0.1) is 10.8 Å². The van der Waals surface area contributed by atoms with Crippen LogP contribution in [0.3, 0.4) is 0 Å². The van der Waals surface area contributed by atoms with Gasteiger partial charge < -0.3 is 0 Å². The molecule has 0 amide bonds. The van der Waals surface area contributed by atoms with Crippen LogP contribution in [0.15, 0.2) is 0 Å². The molecule has 0 aromatic heterocycles. The van der Waals surface area contributed by atoms with Crippen LogP contribution in [0.1, 0.15) is 0 Å². The van der Waals surface area contributed by atoms with Gasteiger partial charge in [0, 0.05) is 20.4 Å². The quantitative estimate of drug-likeness (QED) is 0.546. The average Bonchev–Trinajstić information content (AvgIpc) is 1.31. The summed E-state index contributed by atoms with van der Waals surface area (Å²) >= 11 is 0. The molecule has 3 nitrogen and oxygen atoms in total. The highest BCUT2D eigenvalue weighted by Gasteiger charge is 2.03. The summed E-state index contributed by atoms with van der Waals surface area (Å²) in [6.45, 7) is 0. The average molecular weight is 125 g/mol. The summed E-state index contributed by atoms with van der Waals surface area (Å²) in [6.07, 6.45) is 1.38. The highest BCUT2D eigenvalue weighted by Crippen LogP contribution is 2.34. The molecule has 0 saturated carbocycles. The van der Waals surface area contributed by atoms with Crippen molar-refractivity contribution in [1.29, 1.82) is 0 Å². The summed E-state index contributed by atoms with van der Waals surface area (Å²) in [4.78, 5) is 0. The van der Waals surface area contributed by atoms with Gasteiger partial charge >= 0.3 is 0 Å². The van der Waals surface area contributed by atoms with Crippen LogP contribution in [0, 0.1) is 0 Å². The zero-order chi connectivity index (χ0) is 6.08.